The predicted molar refractivity (Wildman–Crippen MR) is 132 cm³/mol. The second-order valence-electron chi connectivity index (χ2n) is 6.98. The Hall–Kier alpha value is -3.43. The lowest BCUT2D eigenvalue weighted by molar-refractivity contribution is -0.113. The van der Waals surface area contributed by atoms with E-state index in [4.69, 9.17) is 9.47 Å². The molecule has 33 heavy (non-hydrogen) atoms. The van der Waals surface area contributed by atoms with Crippen LogP contribution in [0, 0.1) is 6.92 Å². The number of aromatic nitrogens is 3. The number of methoxy groups -OCH3 is 2. The third-order valence-electron chi connectivity index (χ3n) is 4.67. The number of thioether (sulfide) groups is 1. The molecule has 9 heteroatoms. The van der Waals surface area contributed by atoms with Gasteiger partial charge in [-0.15, -0.1) is 11.3 Å². The maximum Gasteiger partial charge on any atom is 0.236 e. The summed E-state index contributed by atoms with van der Waals surface area (Å²) < 4.78 is 10.7. The zero-order valence-electron chi connectivity index (χ0n) is 18.4. The summed E-state index contributed by atoms with van der Waals surface area (Å²) in [5.41, 5.74) is 4.25. The summed E-state index contributed by atoms with van der Waals surface area (Å²) in [5, 5.41) is 5.81. The first-order chi connectivity index (χ1) is 16.1. The van der Waals surface area contributed by atoms with Crippen molar-refractivity contribution in [1.29, 1.82) is 0 Å². The van der Waals surface area contributed by atoms with Gasteiger partial charge in [0.05, 0.1) is 31.4 Å². The Morgan fingerprint density at radius 2 is 1.82 bits per heavy atom. The van der Waals surface area contributed by atoms with Gasteiger partial charge in [-0.3, -0.25) is 4.79 Å². The number of hydrogen-bond acceptors (Lipinski definition) is 8. The van der Waals surface area contributed by atoms with Gasteiger partial charge in [-0.05, 0) is 25.1 Å². The number of benzene rings is 2. The van der Waals surface area contributed by atoms with E-state index in [1.807, 2.05) is 60.8 Å². The first-order valence-corrected chi connectivity index (χ1v) is 11.9. The normalized spacial score (nSPS) is 10.6. The molecule has 0 atom stereocenters. The number of amides is 1. The summed E-state index contributed by atoms with van der Waals surface area (Å²) in [6.45, 7) is 1.92. The van der Waals surface area contributed by atoms with Crippen molar-refractivity contribution < 1.29 is 14.3 Å². The van der Waals surface area contributed by atoms with Gasteiger partial charge in [0.25, 0.3) is 0 Å². The molecule has 2 aromatic carbocycles. The van der Waals surface area contributed by atoms with Gasteiger partial charge >= 0.3 is 0 Å². The molecule has 0 aliphatic heterocycles. The van der Waals surface area contributed by atoms with E-state index in [9.17, 15) is 4.79 Å². The highest BCUT2D eigenvalue weighted by Gasteiger charge is 2.14. The fourth-order valence-electron chi connectivity index (χ4n) is 3.11. The maximum atomic E-state index is 12.5. The minimum absolute atomic E-state index is 0.172. The van der Waals surface area contributed by atoms with Crippen LogP contribution in [0.5, 0.6) is 11.5 Å². The largest absolute Gasteiger partial charge is 0.497 e. The van der Waals surface area contributed by atoms with E-state index in [0.29, 0.717) is 21.8 Å². The third-order valence-corrected chi connectivity index (χ3v) is 6.28. The number of nitrogens with zero attached hydrogens (tertiary/aromatic N) is 3. The summed E-state index contributed by atoms with van der Waals surface area (Å²) in [4.78, 5) is 26.1. The zero-order chi connectivity index (χ0) is 23.2. The molecule has 1 N–H and O–H groups in total. The van der Waals surface area contributed by atoms with Crippen LogP contribution >= 0.6 is 23.1 Å². The number of anilines is 1. The molecule has 0 unspecified atom stereocenters. The lowest BCUT2D eigenvalue weighted by atomic mass is 10.1. The Morgan fingerprint density at radius 3 is 2.58 bits per heavy atom. The van der Waals surface area contributed by atoms with Gasteiger partial charge in [-0.1, -0.05) is 42.1 Å². The van der Waals surface area contributed by atoms with Crippen LogP contribution in [-0.4, -0.2) is 40.8 Å². The number of hydrogen-bond donors (Lipinski definition) is 1. The van der Waals surface area contributed by atoms with E-state index >= 15 is 0 Å². The summed E-state index contributed by atoms with van der Waals surface area (Å²) in [7, 11) is 3.20. The molecule has 0 radical (unpaired) electrons. The van der Waals surface area contributed by atoms with E-state index in [-0.39, 0.29) is 11.7 Å². The van der Waals surface area contributed by atoms with E-state index in [1.165, 1.54) is 23.1 Å². The van der Waals surface area contributed by atoms with Crippen LogP contribution in [0.1, 0.15) is 5.69 Å². The quantitative estimate of drug-likeness (QED) is 0.271. The molecule has 2 heterocycles. The van der Waals surface area contributed by atoms with Crippen LogP contribution in [0.3, 0.4) is 0 Å². The fraction of sp³-hybridized carbons (Fsp3) is 0.167. The number of aryl methyl sites for hydroxylation is 1. The summed E-state index contributed by atoms with van der Waals surface area (Å²) in [6.07, 6.45) is 0. The molecule has 4 rings (SSSR count). The molecule has 0 aliphatic carbocycles. The van der Waals surface area contributed by atoms with Crippen LogP contribution in [0.25, 0.3) is 22.5 Å². The molecule has 0 saturated carbocycles. The Bertz CT molecular complexity index is 1260. The van der Waals surface area contributed by atoms with Gasteiger partial charge in [0.2, 0.25) is 5.91 Å². The second-order valence-corrected chi connectivity index (χ2v) is 8.78. The number of nitrogens with one attached hydrogen (secondary N) is 1. The molecule has 168 valence electrons. The lowest BCUT2D eigenvalue weighted by Crippen LogP contribution is -2.14. The molecule has 0 fully saturated rings. The molecule has 0 bridgehead atoms. The molecule has 0 saturated heterocycles. The SMILES string of the molecule is COc1ccc(-c2csc(NC(=O)CSc3nc(C)cc(-c4ccccc4)n3)n2)c(OC)c1. The lowest BCUT2D eigenvalue weighted by Gasteiger charge is -2.08. The van der Waals surface area contributed by atoms with Gasteiger partial charge in [0.1, 0.15) is 11.5 Å². The summed E-state index contributed by atoms with van der Waals surface area (Å²) >= 11 is 2.65. The Kier molecular flexibility index (Phi) is 7.21. The van der Waals surface area contributed by atoms with Crippen molar-refractivity contribution in [1.82, 2.24) is 15.0 Å². The minimum atomic E-state index is -0.172. The number of thiazole rings is 1. The molecule has 2 aromatic heterocycles. The zero-order valence-corrected chi connectivity index (χ0v) is 20.0. The van der Waals surface area contributed by atoms with Gasteiger partial charge in [-0.25, -0.2) is 15.0 Å². The van der Waals surface area contributed by atoms with Crippen molar-refractivity contribution >= 4 is 34.1 Å². The van der Waals surface area contributed by atoms with Crippen molar-refractivity contribution in [2.75, 3.05) is 25.3 Å². The van der Waals surface area contributed by atoms with Gasteiger partial charge in [-0.2, -0.15) is 0 Å². The van der Waals surface area contributed by atoms with Crippen molar-refractivity contribution in [3.8, 4) is 34.0 Å². The molecular weight excluding hydrogens is 456 g/mol. The van der Waals surface area contributed by atoms with Gasteiger partial charge < -0.3 is 14.8 Å². The van der Waals surface area contributed by atoms with Crippen LogP contribution in [0.2, 0.25) is 0 Å². The minimum Gasteiger partial charge on any atom is -0.497 e. The standard InChI is InChI=1S/C24H22N4O3S2/c1-15-11-19(16-7-5-4-6-8-16)26-23(25-15)33-14-22(29)28-24-27-20(13-32-24)18-10-9-17(30-2)12-21(18)31-3/h4-13H,14H2,1-3H3,(H,27,28,29). The molecular formula is C24H22N4O3S2. The van der Waals surface area contributed by atoms with Crippen LogP contribution in [0.4, 0.5) is 5.13 Å². The summed E-state index contributed by atoms with van der Waals surface area (Å²) in [6, 6.07) is 17.4. The van der Waals surface area contributed by atoms with E-state index in [0.717, 1.165) is 28.2 Å². The van der Waals surface area contributed by atoms with E-state index in [1.54, 1.807) is 20.3 Å². The average Bonchev–Trinajstić information content (AvgIpc) is 3.30. The number of rotatable bonds is 8. The molecule has 7 nitrogen and oxygen atoms in total. The molecule has 1 amide bonds. The van der Waals surface area contributed by atoms with Gasteiger partial charge in [0.15, 0.2) is 10.3 Å². The maximum absolute atomic E-state index is 12.5. The third kappa shape index (κ3) is 5.68. The Balaban J connectivity index is 1.41. The van der Waals surface area contributed by atoms with Crippen molar-refractivity contribution in [3.05, 3.63) is 65.7 Å². The van der Waals surface area contributed by atoms with E-state index < -0.39 is 0 Å². The van der Waals surface area contributed by atoms with Crippen molar-refractivity contribution in [2.45, 2.75) is 12.1 Å². The first kappa shape index (κ1) is 22.8. The number of carbonyl (C=O) groups excluding carboxylic acids is 1. The van der Waals surface area contributed by atoms with Gasteiger partial charge in [0, 0.05) is 28.3 Å². The number of ether oxygens (including phenoxy) is 2. The van der Waals surface area contributed by atoms with Crippen molar-refractivity contribution in [3.63, 3.8) is 0 Å². The predicted octanol–water partition coefficient (Wildman–Crippen LogP) is 5.32. The van der Waals surface area contributed by atoms with Crippen molar-refractivity contribution in [2.24, 2.45) is 0 Å². The Morgan fingerprint density at radius 1 is 1.00 bits per heavy atom. The highest BCUT2D eigenvalue weighted by molar-refractivity contribution is 7.99. The monoisotopic (exact) mass is 478 g/mol. The summed E-state index contributed by atoms with van der Waals surface area (Å²) in [5.74, 6) is 1.36. The second kappa shape index (κ2) is 10.5. The highest BCUT2D eigenvalue weighted by atomic mass is 32.2. The highest BCUT2D eigenvalue weighted by Crippen LogP contribution is 2.35. The fourth-order valence-corrected chi connectivity index (χ4v) is 4.54. The topological polar surface area (TPSA) is 86.2 Å². The van der Waals surface area contributed by atoms with Crippen LogP contribution in [0.15, 0.2) is 65.1 Å². The Labute approximate surface area is 200 Å². The molecule has 0 aliphatic rings. The van der Waals surface area contributed by atoms with Crippen LogP contribution in [-0.2, 0) is 4.79 Å². The van der Waals surface area contributed by atoms with Crippen LogP contribution < -0.4 is 14.8 Å². The average molecular weight is 479 g/mol. The molecule has 0 spiro atoms. The van der Waals surface area contributed by atoms with E-state index in [2.05, 4.69) is 20.3 Å². The molecule has 4 aromatic rings. The number of carbonyl (C=O) groups is 1. The smallest absolute Gasteiger partial charge is 0.236 e. The first-order valence-electron chi connectivity index (χ1n) is 10.1.